The molecule has 0 aliphatic heterocycles. The average Bonchev–Trinajstić information content (AvgIpc) is 2.66. The molecule has 0 fully saturated rings. The summed E-state index contributed by atoms with van der Waals surface area (Å²) in [7, 11) is -3.42. The predicted molar refractivity (Wildman–Crippen MR) is 122 cm³/mol. The Bertz CT molecular complexity index is 848. The molecule has 28 heavy (non-hydrogen) atoms. The number of halogens is 2. The van der Waals surface area contributed by atoms with Gasteiger partial charge in [-0.15, -0.1) is 24.0 Å². The normalized spacial score (nSPS) is 11.6. The molecule has 2 aromatic rings. The van der Waals surface area contributed by atoms with Gasteiger partial charge in [0.2, 0.25) is 10.0 Å². The second-order valence-electron chi connectivity index (χ2n) is 5.84. The Morgan fingerprint density at radius 2 is 1.71 bits per heavy atom. The van der Waals surface area contributed by atoms with Crippen LogP contribution in [0.3, 0.4) is 0 Å². The monoisotopic (exact) mass is 520 g/mol. The number of guanidine groups is 1. The van der Waals surface area contributed by atoms with Crippen LogP contribution in [0.5, 0.6) is 0 Å². The van der Waals surface area contributed by atoms with Gasteiger partial charge in [0.1, 0.15) is 5.82 Å². The number of nitrogens with one attached hydrogen (secondary N) is 3. The summed E-state index contributed by atoms with van der Waals surface area (Å²) in [6.07, 6.45) is 0. The van der Waals surface area contributed by atoms with Crippen LogP contribution in [0.1, 0.15) is 18.1 Å². The Hall–Kier alpha value is -1.72. The van der Waals surface area contributed by atoms with Gasteiger partial charge in [0.05, 0.1) is 12.3 Å². The lowest BCUT2D eigenvalue weighted by molar-refractivity contribution is 0.580. The molecule has 3 N–H and O–H groups in total. The van der Waals surface area contributed by atoms with Crippen molar-refractivity contribution in [3.63, 3.8) is 0 Å². The van der Waals surface area contributed by atoms with Crippen molar-refractivity contribution in [3.05, 3.63) is 71.5 Å². The number of hydrogen-bond donors (Lipinski definition) is 3. The topological polar surface area (TPSA) is 82.6 Å². The van der Waals surface area contributed by atoms with Crippen LogP contribution in [0, 0.1) is 5.82 Å². The zero-order chi connectivity index (χ0) is 19.5. The summed E-state index contributed by atoms with van der Waals surface area (Å²) in [5.74, 6) is 0.0352. The SMILES string of the molecule is CCNC(=NCc1ccccc1F)NCCS(=O)(=O)NCc1ccccc1.I. The Kier molecular flexibility index (Phi) is 11.0. The van der Waals surface area contributed by atoms with Crippen molar-refractivity contribution in [3.8, 4) is 0 Å². The van der Waals surface area contributed by atoms with Gasteiger partial charge in [-0.3, -0.25) is 0 Å². The van der Waals surface area contributed by atoms with Crippen molar-refractivity contribution in [2.75, 3.05) is 18.8 Å². The standard InChI is InChI=1S/C19H25FN4O2S.HI/c1-2-21-19(23-15-17-10-6-7-11-18(17)20)22-12-13-27(25,26)24-14-16-8-4-3-5-9-16;/h3-11,24H,2,12-15H2,1H3,(H2,21,22,23);1H. The first kappa shape index (κ1) is 24.3. The lowest BCUT2D eigenvalue weighted by atomic mass is 10.2. The number of sulfonamides is 1. The van der Waals surface area contributed by atoms with Crippen LogP contribution in [-0.4, -0.2) is 33.2 Å². The van der Waals surface area contributed by atoms with E-state index in [0.29, 0.717) is 18.1 Å². The Balaban J connectivity index is 0.00000392. The van der Waals surface area contributed by atoms with Crippen LogP contribution in [0.2, 0.25) is 0 Å². The molecule has 0 amide bonds. The summed E-state index contributed by atoms with van der Waals surface area (Å²) in [4.78, 5) is 4.30. The van der Waals surface area contributed by atoms with Crippen molar-refractivity contribution in [1.29, 1.82) is 0 Å². The third kappa shape index (κ3) is 8.98. The van der Waals surface area contributed by atoms with Crippen molar-refractivity contribution >= 4 is 40.0 Å². The van der Waals surface area contributed by atoms with E-state index in [1.54, 1.807) is 18.2 Å². The highest BCUT2D eigenvalue weighted by molar-refractivity contribution is 14.0. The molecule has 0 aromatic heterocycles. The van der Waals surface area contributed by atoms with Crippen LogP contribution >= 0.6 is 24.0 Å². The molecule has 0 heterocycles. The number of nitrogens with zero attached hydrogens (tertiary/aromatic N) is 1. The lowest BCUT2D eigenvalue weighted by Crippen LogP contribution is -2.41. The first-order chi connectivity index (χ1) is 13.0. The molecule has 9 heteroatoms. The van der Waals surface area contributed by atoms with Crippen molar-refractivity contribution in [2.45, 2.75) is 20.0 Å². The molecule has 2 rings (SSSR count). The molecule has 154 valence electrons. The van der Waals surface area contributed by atoms with Gasteiger partial charge in [-0.1, -0.05) is 48.5 Å². The summed E-state index contributed by atoms with van der Waals surface area (Å²) in [6.45, 7) is 3.12. The second kappa shape index (κ2) is 12.7. The van der Waals surface area contributed by atoms with E-state index in [1.165, 1.54) is 6.07 Å². The average molecular weight is 520 g/mol. The Labute approximate surface area is 183 Å². The summed E-state index contributed by atoms with van der Waals surface area (Å²) in [6, 6.07) is 15.7. The van der Waals surface area contributed by atoms with E-state index >= 15 is 0 Å². The molecule has 0 saturated heterocycles. The molecule has 0 saturated carbocycles. The molecule has 0 spiro atoms. The summed E-state index contributed by atoms with van der Waals surface area (Å²) < 4.78 is 40.4. The Morgan fingerprint density at radius 1 is 1.04 bits per heavy atom. The van der Waals surface area contributed by atoms with Crippen LogP contribution in [-0.2, 0) is 23.1 Å². The van der Waals surface area contributed by atoms with Crippen molar-refractivity contribution < 1.29 is 12.8 Å². The molecule has 0 unspecified atom stereocenters. The highest BCUT2D eigenvalue weighted by atomic mass is 127. The van der Waals surface area contributed by atoms with Gasteiger partial charge in [0, 0.05) is 25.2 Å². The smallest absolute Gasteiger partial charge is 0.213 e. The van der Waals surface area contributed by atoms with Gasteiger partial charge < -0.3 is 10.6 Å². The van der Waals surface area contributed by atoms with Crippen molar-refractivity contribution in [2.24, 2.45) is 4.99 Å². The molecule has 2 aromatic carbocycles. The van der Waals surface area contributed by atoms with Gasteiger partial charge in [0.15, 0.2) is 5.96 Å². The minimum atomic E-state index is -3.42. The lowest BCUT2D eigenvalue weighted by Gasteiger charge is -2.12. The number of aliphatic imine (C=N–C) groups is 1. The van der Waals surface area contributed by atoms with E-state index in [4.69, 9.17) is 0 Å². The third-order valence-electron chi connectivity index (χ3n) is 3.71. The van der Waals surface area contributed by atoms with E-state index in [0.717, 1.165) is 5.56 Å². The maximum atomic E-state index is 13.7. The van der Waals surface area contributed by atoms with Gasteiger partial charge >= 0.3 is 0 Å². The fourth-order valence-electron chi connectivity index (χ4n) is 2.30. The molecule has 0 radical (unpaired) electrons. The molecule has 0 atom stereocenters. The van der Waals surface area contributed by atoms with Gasteiger partial charge in [-0.2, -0.15) is 0 Å². The minimum Gasteiger partial charge on any atom is -0.357 e. The van der Waals surface area contributed by atoms with E-state index in [2.05, 4.69) is 20.3 Å². The first-order valence-electron chi connectivity index (χ1n) is 8.77. The molecule has 0 bridgehead atoms. The van der Waals surface area contributed by atoms with Crippen molar-refractivity contribution in [1.82, 2.24) is 15.4 Å². The number of rotatable bonds is 9. The first-order valence-corrected chi connectivity index (χ1v) is 10.4. The molecule has 0 aliphatic carbocycles. The summed E-state index contributed by atoms with van der Waals surface area (Å²) in [5.41, 5.74) is 1.38. The van der Waals surface area contributed by atoms with E-state index < -0.39 is 10.0 Å². The van der Waals surface area contributed by atoms with E-state index in [9.17, 15) is 12.8 Å². The van der Waals surface area contributed by atoms with E-state index in [1.807, 2.05) is 37.3 Å². The zero-order valence-electron chi connectivity index (χ0n) is 15.7. The largest absolute Gasteiger partial charge is 0.357 e. The highest BCUT2D eigenvalue weighted by Crippen LogP contribution is 2.07. The quantitative estimate of drug-likeness (QED) is 0.270. The fourth-order valence-corrected chi connectivity index (χ4v) is 3.20. The van der Waals surface area contributed by atoms with Gasteiger partial charge in [-0.25, -0.2) is 22.5 Å². The van der Waals surface area contributed by atoms with Crippen LogP contribution < -0.4 is 15.4 Å². The molecule has 6 nitrogen and oxygen atoms in total. The third-order valence-corrected chi connectivity index (χ3v) is 5.04. The van der Waals surface area contributed by atoms with Crippen LogP contribution in [0.15, 0.2) is 59.6 Å². The maximum absolute atomic E-state index is 13.7. The van der Waals surface area contributed by atoms with Crippen LogP contribution in [0.4, 0.5) is 4.39 Å². The second-order valence-corrected chi connectivity index (χ2v) is 7.77. The zero-order valence-corrected chi connectivity index (χ0v) is 18.8. The van der Waals surface area contributed by atoms with Gasteiger partial charge in [0.25, 0.3) is 0 Å². The molecular formula is C19H26FIN4O2S. The number of benzene rings is 2. The van der Waals surface area contributed by atoms with Gasteiger partial charge in [-0.05, 0) is 18.6 Å². The fraction of sp³-hybridized carbons (Fsp3) is 0.316. The molecule has 0 aliphatic rings. The minimum absolute atomic E-state index is 0. The summed E-state index contributed by atoms with van der Waals surface area (Å²) in [5, 5.41) is 5.98. The maximum Gasteiger partial charge on any atom is 0.213 e. The predicted octanol–water partition coefficient (Wildman–Crippen LogP) is 2.62. The highest BCUT2D eigenvalue weighted by Gasteiger charge is 2.10. The molecular weight excluding hydrogens is 494 g/mol. The van der Waals surface area contributed by atoms with E-state index in [-0.39, 0.29) is 55.2 Å². The summed E-state index contributed by atoms with van der Waals surface area (Å²) >= 11 is 0. The Morgan fingerprint density at radius 3 is 2.39 bits per heavy atom. The number of hydrogen-bond acceptors (Lipinski definition) is 3. The van der Waals surface area contributed by atoms with Crippen LogP contribution in [0.25, 0.3) is 0 Å².